The molecule has 0 aliphatic heterocycles. The molecule has 0 aliphatic rings. The van der Waals surface area contributed by atoms with Gasteiger partial charge in [-0.2, -0.15) is 4.98 Å². The molecule has 1 rings (SSSR count). The molecule has 0 saturated carbocycles. The van der Waals surface area contributed by atoms with E-state index in [1.807, 2.05) is 0 Å². The van der Waals surface area contributed by atoms with Crippen LogP contribution >= 0.6 is 11.6 Å². The minimum absolute atomic E-state index is 0.0912. The second kappa shape index (κ2) is 8.05. The topological polar surface area (TPSA) is 79.5 Å². The van der Waals surface area contributed by atoms with Crippen molar-refractivity contribution in [2.45, 2.75) is 6.42 Å². The van der Waals surface area contributed by atoms with Crippen LogP contribution in [0.15, 0.2) is 6.07 Å². The maximum atomic E-state index is 5.69. The molecular weight excluding hydrogens is 246 g/mol. The fraction of sp³-hybridized carbons (Fsp3) is 0.600. The van der Waals surface area contributed by atoms with Crippen LogP contribution in [-0.2, 0) is 9.47 Å². The van der Waals surface area contributed by atoms with Gasteiger partial charge in [0.1, 0.15) is 11.8 Å². The van der Waals surface area contributed by atoms with Crippen molar-refractivity contribution in [1.82, 2.24) is 9.97 Å². The quantitative estimate of drug-likeness (QED) is 0.558. The van der Waals surface area contributed by atoms with Crippen LogP contribution in [-0.4, -0.2) is 43.5 Å². The Morgan fingerprint density at radius 2 is 2.06 bits per heavy atom. The number of rotatable bonds is 8. The molecule has 0 fully saturated rings. The van der Waals surface area contributed by atoms with Crippen LogP contribution in [0.2, 0.25) is 5.15 Å². The van der Waals surface area contributed by atoms with Crippen LogP contribution in [0.5, 0.6) is 5.88 Å². The number of hydrogen-bond donors (Lipinski definition) is 1. The SMILES string of the molecule is COCCCOCCOc1cc(Cl)nc(N)n1. The summed E-state index contributed by atoms with van der Waals surface area (Å²) >= 11 is 5.69. The van der Waals surface area contributed by atoms with Crippen molar-refractivity contribution in [3.8, 4) is 5.88 Å². The van der Waals surface area contributed by atoms with Crippen molar-refractivity contribution in [3.63, 3.8) is 0 Å². The van der Waals surface area contributed by atoms with Gasteiger partial charge in [0, 0.05) is 26.4 Å². The molecule has 7 heteroatoms. The molecule has 0 spiro atoms. The van der Waals surface area contributed by atoms with Gasteiger partial charge in [0.2, 0.25) is 11.8 Å². The van der Waals surface area contributed by atoms with Crippen molar-refractivity contribution < 1.29 is 14.2 Å². The Labute approximate surface area is 105 Å². The molecule has 1 aromatic rings. The standard InChI is InChI=1S/C10H16ClN3O3/c1-15-3-2-4-16-5-6-17-9-7-8(11)13-10(12)14-9/h7H,2-6H2,1H3,(H2,12,13,14). The van der Waals surface area contributed by atoms with Gasteiger partial charge in [0.25, 0.3) is 0 Å². The predicted octanol–water partition coefficient (Wildman–Crippen LogP) is 1.14. The molecule has 0 radical (unpaired) electrons. The van der Waals surface area contributed by atoms with Gasteiger partial charge >= 0.3 is 0 Å². The fourth-order valence-corrected chi connectivity index (χ4v) is 1.28. The first kappa shape index (κ1) is 14.0. The maximum absolute atomic E-state index is 5.69. The third-order valence-corrected chi connectivity index (χ3v) is 2.00. The largest absolute Gasteiger partial charge is 0.475 e. The summed E-state index contributed by atoms with van der Waals surface area (Å²) in [5, 5.41) is 0.258. The maximum Gasteiger partial charge on any atom is 0.224 e. The molecule has 2 N–H and O–H groups in total. The summed E-state index contributed by atoms with van der Waals surface area (Å²) in [6.45, 7) is 2.20. The van der Waals surface area contributed by atoms with Gasteiger partial charge in [-0.05, 0) is 6.42 Å². The van der Waals surface area contributed by atoms with Crippen molar-refractivity contribution in [1.29, 1.82) is 0 Å². The lowest BCUT2D eigenvalue weighted by molar-refractivity contribution is 0.0795. The van der Waals surface area contributed by atoms with Gasteiger partial charge in [-0.15, -0.1) is 0 Å². The lowest BCUT2D eigenvalue weighted by atomic mass is 10.5. The first-order valence-corrected chi connectivity index (χ1v) is 5.59. The Balaban J connectivity index is 2.13. The van der Waals surface area contributed by atoms with Crippen LogP contribution in [0.3, 0.4) is 0 Å². The Morgan fingerprint density at radius 3 is 2.76 bits per heavy atom. The Kier molecular flexibility index (Phi) is 6.61. The van der Waals surface area contributed by atoms with Crippen LogP contribution in [0.1, 0.15) is 6.42 Å². The number of halogens is 1. The van der Waals surface area contributed by atoms with Crippen LogP contribution < -0.4 is 10.5 Å². The lowest BCUT2D eigenvalue weighted by Crippen LogP contribution is -2.10. The van der Waals surface area contributed by atoms with E-state index in [4.69, 9.17) is 31.5 Å². The van der Waals surface area contributed by atoms with E-state index in [1.165, 1.54) is 6.07 Å². The smallest absolute Gasteiger partial charge is 0.224 e. The summed E-state index contributed by atoms with van der Waals surface area (Å²) < 4.78 is 15.5. The van der Waals surface area contributed by atoms with Crippen LogP contribution in [0.25, 0.3) is 0 Å². The Morgan fingerprint density at radius 1 is 1.24 bits per heavy atom. The highest BCUT2D eigenvalue weighted by atomic mass is 35.5. The van der Waals surface area contributed by atoms with E-state index in [0.717, 1.165) is 6.42 Å². The second-order valence-corrected chi connectivity index (χ2v) is 3.58. The van der Waals surface area contributed by atoms with Gasteiger partial charge in [-0.25, -0.2) is 4.98 Å². The number of nitrogens with two attached hydrogens (primary N) is 1. The van der Waals surface area contributed by atoms with E-state index in [0.29, 0.717) is 32.3 Å². The van der Waals surface area contributed by atoms with E-state index in [9.17, 15) is 0 Å². The second-order valence-electron chi connectivity index (χ2n) is 3.19. The predicted molar refractivity (Wildman–Crippen MR) is 64.3 cm³/mol. The van der Waals surface area contributed by atoms with Gasteiger partial charge in [0.15, 0.2) is 0 Å². The molecule has 1 aromatic heterocycles. The summed E-state index contributed by atoms with van der Waals surface area (Å²) in [7, 11) is 1.66. The minimum Gasteiger partial charge on any atom is -0.475 e. The number of ether oxygens (including phenoxy) is 3. The van der Waals surface area contributed by atoms with Gasteiger partial charge in [-0.1, -0.05) is 11.6 Å². The normalized spacial score (nSPS) is 10.5. The summed E-state index contributed by atoms with van der Waals surface area (Å²) in [6, 6.07) is 1.50. The van der Waals surface area contributed by atoms with Crippen LogP contribution in [0, 0.1) is 0 Å². The number of hydrogen-bond acceptors (Lipinski definition) is 6. The summed E-state index contributed by atoms with van der Waals surface area (Å²) in [5.74, 6) is 0.441. The van der Waals surface area contributed by atoms with Crippen molar-refractivity contribution >= 4 is 17.5 Å². The van der Waals surface area contributed by atoms with Crippen LogP contribution in [0.4, 0.5) is 5.95 Å². The summed E-state index contributed by atoms with van der Waals surface area (Å²) in [4.78, 5) is 7.59. The molecule has 0 bridgehead atoms. The summed E-state index contributed by atoms with van der Waals surface area (Å²) in [6.07, 6.45) is 0.864. The zero-order valence-electron chi connectivity index (χ0n) is 9.69. The van der Waals surface area contributed by atoms with Gasteiger partial charge in [-0.3, -0.25) is 0 Å². The van der Waals surface area contributed by atoms with Crippen molar-refractivity contribution in [2.24, 2.45) is 0 Å². The van der Waals surface area contributed by atoms with E-state index in [-0.39, 0.29) is 11.1 Å². The number of anilines is 1. The third kappa shape index (κ3) is 6.25. The molecule has 17 heavy (non-hydrogen) atoms. The van der Waals surface area contributed by atoms with Gasteiger partial charge in [0.05, 0.1) is 6.61 Å². The number of aromatic nitrogens is 2. The summed E-state index contributed by atoms with van der Waals surface area (Å²) in [5.41, 5.74) is 5.41. The van der Waals surface area contributed by atoms with E-state index in [2.05, 4.69) is 9.97 Å². The van der Waals surface area contributed by atoms with E-state index in [1.54, 1.807) is 7.11 Å². The van der Waals surface area contributed by atoms with E-state index >= 15 is 0 Å². The zero-order chi connectivity index (χ0) is 12.5. The highest BCUT2D eigenvalue weighted by Gasteiger charge is 2.01. The highest BCUT2D eigenvalue weighted by Crippen LogP contribution is 2.14. The molecule has 96 valence electrons. The fourth-order valence-electron chi connectivity index (χ4n) is 1.10. The molecule has 0 aromatic carbocycles. The average molecular weight is 262 g/mol. The molecule has 0 atom stereocenters. The highest BCUT2D eigenvalue weighted by molar-refractivity contribution is 6.29. The van der Waals surface area contributed by atoms with Gasteiger partial charge < -0.3 is 19.9 Å². The monoisotopic (exact) mass is 261 g/mol. The lowest BCUT2D eigenvalue weighted by Gasteiger charge is -2.06. The average Bonchev–Trinajstić information content (AvgIpc) is 2.26. The van der Waals surface area contributed by atoms with Crippen molar-refractivity contribution in [2.75, 3.05) is 39.3 Å². The number of nitrogen functional groups attached to an aromatic ring is 1. The third-order valence-electron chi connectivity index (χ3n) is 1.80. The first-order chi connectivity index (χ1) is 8.22. The molecule has 6 nitrogen and oxygen atoms in total. The molecule has 0 amide bonds. The molecule has 1 heterocycles. The molecule has 0 unspecified atom stereocenters. The molecule has 0 aliphatic carbocycles. The number of methoxy groups -OCH3 is 1. The van der Waals surface area contributed by atoms with Crippen molar-refractivity contribution in [3.05, 3.63) is 11.2 Å². The molecular formula is C10H16ClN3O3. The van der Waals surface area contributed by atoms with E-state index < -0.39 is 0 Å². The molecule has 0 saturated heterocycles. The zero-order valence-corrected chi connectivity index (χ0v) is 10.4. The Bertz CT molecular complexity index is 318. The Hall–Kier alpha value is -1.11. The minimum atomic E-state index is 0.0912. The number of nitrogens with zero attached hydrogens (tertiary/aromatic N) is 2. The first-order valence-electron chi connectivity index (χ1n) is 5.22.